The lowest BCUT2D eigenvalue weighted by atomic mass is 10.1. The summed E-state index contributed by atoms with van der Waals surface area (Å²) in [6, 6.07) is -0.945. The van der Waals surface area contributed by atoms with Gasteiger partial charge in [0.2, 0.25) is 5.91 Å². The third kappa shape index (κ3) is 7.61. The minimum absolute atomic E-state index is 0.00935. The van der Waals surface area contributed by atoms with Crippen LogP contribution in [-0.2, 0) is 19.1 Å². The van der Waals surface area contributed by atoms with Gasteiger partial charge in [-0.05, 0) is 6.42 Å². The highest BCUT2D eigenvalue weighted by Crippen LogP contribution is 1.99. The van der Waals surface area contributed by atoms with Crippen molar-refractivity contribution in [3.05, 3.63) is 0 Å². The van der Waals surface area contributed by atoms with E-state index in [1.807, 2.05) is 13.8 Å². The van der Waals surface area contributed by atoms with E-state index in [2.05, 4.69) is 15.4 Å². The number of carbonyl (C=O) groups excluding carboxylic acids is 2. The molecule has 0 aliphatic heterocycles. The van der Waals surface area contributed by atoms with E-state index in [1.165, 1.54) is 7.11 Å². The molecule has 0 rings (SSSR count). The summed E-state index contributed by atoms with van der Waals surface area (Å²) in [5.41, 5.74) is 0. The SMILES string of the molecule is COC(=O)CC[C@H](NC(=O)CNC(C)C)C(=O)O. The number of carboxylic acids is 1. The van der Waals surface area contributed by atoms with Gasteiger partial charge in [-0.15, -0.1) is 0 Å². The number of nitrogens with one attached hydrogen (secondary N) is 2. The molecule has 1 atom stereocenters. The lowest BCUT2D eigenvalue weighted by Gasteiger charge is -2.15. The van der Waals surface area contributed by atoms with Crippen LogP contribution in [0.15, 0.2) is 0 Å². The molecule has 18 heavy (non-hydrogen) atoms. The maximum absolute atomic E-state index is 11.4. The Morgan fingerprint density at radius 1 is 1.28 bits per heavy atom. The summed E-state index contributed by atoms with van der Waals surface area (Å²) >= 11 is 0. The van der Waals surface area contributed by atoms with Gasteiger partial charge in [0.15, 0.2) is 0 Å². The van der Waals surface area contributed by atoms with E-state index in [-0.39, 0.29) is 25.4 Å². The number of amides is 1. The van der Waals surface area contributed by atoms with Crippen molar-refractivity contribution in [2.75, 3.05) is 13.7 Å². The number of esters is 1. The molecular formula is C11H20N2O5. The average Bonchev–Trinajstić information content (AvgIpc) is 2.30. The van der Waals surface area contributed by atoms with Crippen LogP contribution >= 0.6 is 0 Å². The molecule has 1 amide bonds. The first-order chi connectivity index (χ1) is 8.36. The lowest BCUT2D eigenvalue weighted by Crippen LogP contribution is -2.45. The summed E-state index contributed by atoms with van der Waals surface area (Å²) in [7, 11) is 1.23. The first-order valence-electron chi connectivity index (χ1n) is 5.69. The van der Waals surface area contributed by atoms with Crippen molar-refractivity contribution in [3.63, 3.8) is 0 Å². The first kappa shape index (κ1) is 16.4. The highest BCUT2D eigenvalue weighted by atomic mass is 16.5. The molecule has 0 spiro atoms. The summed E-state index contributed by atoms with van der Waals surface area (Å²) in [5.74, 6) is -2.09. The number of hydrogen-bond acceptors (Lipinski definition) is 5. The van der Waals surface area contributed by atoms with E-state index >= 15 is 0 Å². The monoisotopic (exact) mass is 260 g/mol. The van der Waals surface area contributed by atoms with E-state index in [9.17, 15) is 14.4 Å². The molecule has 104 valence electrons. The predicted molar refractivity (Wildman–Crippen MR) is 64.0 cm³/mol. The van der Waals surface area contributed by atoms with Crippen LogP contribution in [0.4, 0.5) is 0 Å². The van der Waals surface area contributed by atoms with Crippen LogP contribution in [0.5, 0.6) is 0 Å². The third-order valence-electron chi connectivity index (χ3n) is 2.17. The molecule has 0 unspecified atom stereocenters. The van der Waals surface area contributed by atoms with Crippen molar-refractivity contribution in [1.29, 1.82) is 0 Å². The maximum Gasteiger partial charge on any atom is 0.326 e. The quantitative estimate of drug-likeness (QED) is 0.508. The van der Waals surface area contributed by atoms with E-state index < -0.39 is 23.9 Å². The smallest absolute Gasteiger partial charge is 0.326 e. The number of aliphatic carboxylic acids is 1. The first-order valence-corrected chi connectivity index (χ1v) is 5.69. The van der Waals surface area contributed by atoms with Crippen molar-refractivity contribution < 1.29 is 24.2 Å². The summed E-state index contributed by atoms with van der Waals surface area (Å²) in [4.78, 5) is 33.2. The Labute approximate surface area is 106 Å². The molecule has 7 nitrogen and oxygen atoms in total. The van der Waals surface area contributed by atoms with Crippen molar-refractivity contribution in [3.8, 4) is 0 Å². The van der Waals surface area contributed by atoms with Gasteiger partial charge in [0.25, 0.3) is 0 Å². The second-order valence-corrected chi connectivity index (χ2v) is 4.11. The van der Waals surface area contributed by atoms with Gasteiger partial charge in [0.05, 0.1) is 13.7 Å². The normalized spacial score (nSPS) is 12.0. The Hall–Kier alpha value is -1.63. The van der Waals surface area contributed by atoms with Crippen LogP contribution in [0, 0.1) is 0 Å². The highest BCUT2D eigenvalue weighted by molar-refractivity contribution is 5.85. The number of carbonyl (C=O) groups is 3. The average molecular weight is 260 g/mol. The van der Waals surface area contributed by atoms with Crippen molar-refractivity contribution in [2.45, 2.75) is 38.8 Å². The standard InChI is InChI=1S/C11H20N2O5/c1-7(2)12-6-9(14)13-8(11(16)17)4-5-10(15)18-3/h7-8,12H,4-6H2,1-3H3,(H,13,14)(H,16,17)/t8-/m0/s1. The number of rotatable bonds is 8. The van der Waals surface area contributed by atoms with Gasteiger partial charge in [-0.2, -0.15) is 0 Å². The molecule has 0 bridgehead atoms. The summed E-state index contributed by atoms with van der Waals surface area (Å²) in [6.45, 7) is 3.79. The molecule has 3 N–H and O–H groups in total. The van der Waals surface area contributed by atoms with E-state index in [0.717, 1.165) is 0 Å². The van der Waals surface area contributed by atoms with E-state index in [0.29, 0.717) is 0 Å². The topological polar surface area (TPSA) is 105 Å². The maximum atomic E-state index is 11.4. The van der Waals surface area contributed by atoms with E-state index in [1.54, 1.807) is 0 Å². The van der Waals surface area contributed by atoms with Crippen molar-refractivity contribution in [2.24, 2.45) is 0 Å². The fourth-order valence-electron chi connectivity index (χ4n) is 1.16. The van der Waals surface area contributed by atoms with Gasteiger partial charge in [0.1, 0.15) is 6.04 Å². The van der Waals surface area contributed by atoms with Crippen LogP contribution in [0.1, 0.15) is 26.7 Å². The van der Waals surface area contributed by atoms with Crippen molar-refractivity contribution in [1.82, 2.24) is 10.6 Å². The molecule has 0 aliphatic carbocycles. The molecule has 7 heteroatoms. The van der Waals surface area contributed by atoms with Gasteiger partial charge in [-0.3, -0.25) is 9.59 Å². The number of ether oxygens (including phenoxy) is 1. The Morgan fingerprint density at radius 2 is 1.89 bits per heavy atom. The molecule has 0 heterocycles. The molecule has 0 aliphatic rings. The lowest BCUT2D eigenvalue weighted by molar-refractivity contribution is -0.144. The fourth-order valence-corrected chi connectivity index (χ4v) is 1.16. The molecule has 0 fully saturated rings. The summed E-state index contributed by atoms with van der Waals surface area (Å²) < 4.78 is 4.41. The fraction of sp³-hybridized carbons (Fsp3) is 0.727. The van der Waals surface area contributed by atoms with Crippen LogP contribution < -0.4 is 10.6 Å². The molecule has 0 saturated carbocycles. The molecular weight excluding hydrogens is 240 g/mol. The second-order valence-electron chi connectivity index (χ2n) is 4.11. The molecule has 0 radical (unpaired) electrons. The molecule has 0 aromatic carbocycles. The minimum Gasteiger partial charge on any atom is -0.480 e. The number of carboxylic acid groups (broad SMARTS) is 1. The zero-order valence-electron chi connectivity index (χ0n) is 10.9. The van der Waals surface area contributed by atoms with Gasteiger partial charge in [-0.25, -0.2) is 4.79 Å². The number of hydrogen-bond donors (Lipinski definition) is 3. The Bertz CT molecular complexity index is 304. The summed E-state index contributed by atoms with van der Waals surface area (Å²) in [6.07, 6.45) is -0.0409. The molecule has 0 aromatic heterocycles. The van der Waals surface area contributed by atoms with Crippen molar-refractivity contribution >= 4 is 17.8 Å². The Kier molecular flexibility index (Phi) is 7.69. The molecule has 0 aromatic rings. The zero-order valence-corrected chi connectivity index (χ0v) is 10.9. The van der Waals surface area contributed by atoms with Crippen LogP contribution in [0.2, 0.25) is 0 Å². The Morgan fingerprint density at radius 3 is 2.33 bits per heavy atom. The summed E-state index contributed by atoms with van der Waals surface area (Å²) in [5, 5.41) is 14.1. The van der Waals surface area contributed by atoms with Gasteiger partial charge in [0, 0.05) is 12.5 Å². The van der Waals surface area contributed by atoms with E-state index in [4.69, 9.17) is 5.11 Å². The van der Waals surface area contributed by atoms with Crippen LogP contribution in [0.3, 0.4) is 0 Å². The third-order valence-corrected chi connectivity index (χ3v) is 2.17. The van der Waals surface area contributed by atoms with Gasteiger partial charge >= 0.3 is 11.9 Å². The highest BCUT2D eigenvalue weighted by Gasteiger charge is 2.20. The largest absolute Gasteiger partial charge is 0.480 e. The molecule has 0 saturated heterocycles. The minimum atomic E-state index is -1.17. The number of methoxy groups -OCH3 is 1. The van der Waals surface area contributed by atoms with Crippen LogP contribution in [0.25, 0.3) is 0 Å². The zero-order chi connectivity index (χ0) is 14.1. The second kappa shape index (κ2) is 8.46. The van der Waals surface area contributed by atoms with Gasteiger partial charge < -0.3 is 20.5 Å². The van der Waals surface area contributed by atoms with Gasteiger partial charge in [-0.1, -0.05) is 13.8 Å². The Balaban J connectivity index is 4.15. The predicted octanol–water partition coefficient (Wildman–Crippen LogP) is -0.493. The van der Waals surface area contributed by atoms with Crippen LogP contribution in [-0.4, -0.2) is 48.7 Å².